The molecule has 34 heavy (non-hydrogen) atoms. The number of nitrogens with zero attached hydrogens (tertiary/aromatic N) is 3. The Morgan fingerprint density at radius 3 is 2.76 bits per heavy atom. The van der Waals surface area contributed by atoms with Gasteiger partial charge in [0.15, 0.2) is 6.23 Å². The van der Waals surface area contributed by atoms with Gasteiger partial charge >= 0.3 is 7.60 Å². The van der Waals surface area contributed by atoms with Crippen LogP contribution in [0.3, 0.4) is 0 Å². The zero-order valence-electron chi connectivity index (χ0n) is 17.8. The lowest BCUT2D eigenvalue weighted by Gasteiger charge is -2.19. The number of nitrogens with one attached hydrogen (secondary N) is 1. The Labute approximate surface area is 198 Å². The topological polar surface area (TPSA) is 159 Å². The quantitative estimate of drug-likeness (QED) is 0.222. The second-order valence-corrected chi connectivity index (χ2v) is 9.86. The first kappa shape index (κ1) is 25.0. The highest BCUT2D eigenvalue weighted by atomic mass is 35.5. The van der Waals surface area contributed by atoms with Crippen LogP contribution in [0, 0.1) is 5.82 Å². The van der Waals surface area contributed by atoms with Gasteiger partial charge in [-0.25, -0.2) is 9.37 Å². The fourth-order valence-electron chi connectivity index (χ4n) is 3.77. The number of aliphatic hydroxyl groups excluding tert-OH is 2. The molecule has 3 aromatic rings. The second-order valence-electron chi connectivity index (χ2n) is 7.93. The largest absolute Gasteiger partial charge is 0.387 e. The smallest absolute Gasteiger partial charge is 0.350 e. The van der Waals surface area contributed by atoms with Gasteiger partial charge < -0.3 is 39.4 Å². The highest BCUT2D eigenvalue weighted by Gasteiger charge is 2.44. The molecule has 0 unspecified atom stereocenters. The van der Waals surface area contributed by atoms with E-state index in [4.69, 9.17) is 30.9 Å². The molecule has 11 nitrogen and oxygen atoms in total. The van der Waals surface area contributed by atoms with Crippen LogP contribution in [0.25, 0.3) is 11.0 Å². The third kappa shape index (κ3) is 5.40. The predicted molar refractivity (Wildman–Crippen MR) is 120 cm³/mol. The number of anilines is 1. The van der Waals surface area contributed by atoms with Gasteiger partial charge in [0.1, 0.15) is 41.9 Å². The first-order valence-electron chi connectivity index (χ1n) is 10.2. The van der Waals surface area contributed by atoms with Gasteiger partial charge in [-0.1, -0.05) is 12.1 Å². The molecule has 3 heterocycles. The summed E-state index contributed by atoms with van der Waals surface area (Å²) >= 11 is 6.14. The molecule has 0 spiro atoms. The van der Waals surface area contributed by atoms with E-state index in [0.717, 1.165) is 0 Å². The molecule has 1 fully saturated rings. The average molecular weight is 517 g/mol. The lowest BCUT2D eigenvalue weighted by atomic mass is 10.1. The molecule has 0 aliphatic carbocycles. The van der Waals surface area contributed by atoms with Gasteiger partial charge in [-0.15, -0.1) is 0 Å². The molecule has 1 aliphatic rings. The van der Waals surface area contributed by atoms with Crippen LogP contribution < -0.4 is 5.32 Å². The minimum absolute atomic E-state index is 0.0871. The van der Waals surface area contributed by atoms with Crippen molar-refractivity contribution in [2.45, 2.75) is 37.5 Å². The van der Waals surface area contributed by atoms with Gasteiger partial charge in [-0.3, -0.25) is 4.57 Å². The number of ether oxygens (including phenoxy) is 2. The predicted octanol–water partition coefficient (Wildman–Crippen LogP) is 2.17. The molecule has 5 N–H and O–H groups in total. The molecule has 0 radical (unpaired) electrons. The number of hydrogen-bond donors (Lipinski definition) is 5. The summed E-state index contributed by atoms with van der Waals surface area (Å²) in [5.74, 6) is 0.00787. The molecule has 0 amide bonds. The van der Waals surface area contributed by atoms with Crippen LogP contribution in [0.4, 0.5) is 10.2 Å². The fourth-order valence-corrected chi connectivity index (χ4v) is 4.28. The van der Waals surface area contributed by atoms with E-state index in [9.17, 15) is 19.2 Å². The average Bonchev–Trinajstić information content (AvgIpc) is 3.29. The Balaban J connectivity index is 1.57. The number of aromatic nitrogens is 3. The summed E-state index contributed by atoms with van der Waals surface area (Å²) in [7, 11) is -4.39. The molecule has 1 aromatic carbocycles. The SMILES string of the molecule is C[C@@H](Nc1nc(Cl)nc2c1ccn2[C@@H]1O[C@H](COCP(=O)(O)O)[C@@H](O)[C@H]1O)c1cccc(F)c1. The maximum atomic E-state index is 13.6. The standard InChI is InChI=1S/C20H23ClFN4O7P/c1-10(11-3-2-4-12(22)7-11)23-17-13-5-6-26(18(13)25-20(21)24-17)19-16(28)15(27)14(33-19)8-32-9-34(29,30)31/h2-7,10,14-16,19,27-28H,8-9H2,1H3,(H,23,24,25)(H2,29,30,31)/t10-,14-,15-,16-,19-/m1/s1. The molecular weight excluding hydrogens is 494 g/mol. The molecular formula is C20H23ClFN4O7P. The van der Waals surface area contributed by atoms with Crippen molar-refractivity contribution in [3.8, 4) is 0 Å². The molecule has 184 valence electrons. The van der Waals surface area contributed by atoms with E-state index in [1.165, 1.54) is 16.7 Å². The molecule has 1 saturated heterocycles. The summed E-state index contributed by atoms with van der Waals surface area (Å²) in [6.07, 6.45) is -4.12. The third-order valence-corrected chi connectivity index (χ3v) is 6.09. The Kier molecular flexibility index (Phi) is 7.22. The Bertz CT molecular complexity index is 1220. The molecule has 5 atom stereocenters. The molecule has 14 heteroatoms. The summed E-state index contributed by atoms with van der Waals surface area (Å²) in [6, 6.07) is 7.48. The number of benzene rings is 1. The molecule has 0 saturated carbocycles. The van der Waals surface area contributed by atoms with Crippen LogP contribution in [0.5, 0.6) is 0 Å². The highest BCUT2D eigenvalue weighted by molar-refractivity contribution is 7.51. The van der Waals surface area contributed by atoms with E-state index < -0.39 is 38.5 Å². The lowest BCUT2D eigenvalue weighted by Crippen LogP contribution is -2.33. The Morgan fingerprint density at radius 2 is 2.06 bits per heavy atom. The van der Waals surface area contributed by atoms with E-state index in [1.54, 1.807) is 24.4 Å². The summed E-state index contributed by atoms with van der Waals surface area (Å²) in [5.41, 5.74) is 1.00. The fraction of sp³-hybridized carbons (Fsp3) is 0.400. The minimum Gasteiger partial charge on any atom is -0.387 e. The van der Waals surface area contributed by atoms with Gasteiger partial charge in [-0.2, -0.15) is 4.98 Å². The van der Waals surface area contributed by atoms with Crippen LogP contribution in [0.2, 0.25) is 5.28 Å². The zero-order valence-corrected chi connectivity index (χ0v) is 19.5. The summed E-state index contributed by atoms with van der Waals surface area (Å²) in [5, 5.41) is 24.5. The van der Waals surface area contributed by atoms with Crippen LogP contribution in [-0.4, -0.2) is 65.8 Å². The lowest BCUT2D eigenvalue weighted by molar-refractivity contribution is -0.0610. The number of rotatable bonds is 8. The maximum Gasteiger partial charge on any atom is 0.350 e. The molecule has 4 rings (SSSR count). The summed E-state index contributed by atoms with van der Waals surface area (Å²) in [6.45, 7) is 1.49. The van der Waals surface area contributed by atoms with Crippen LogP contribution >= 0.6 is 19.2 Å². The molecule has 0 bridgehead atoms. The maximum absolute atomic E-state index is 13.6. The van der Waals surface area contributed by atoms with E-state index in [-0.39, 0.29) is 23.7 Å². The van der Waals surface area contributed by atoms with Gasteiger partial charge in [0.2, 0.25) is 5.28 Å². The molecule has 1 aliphatic heterocycles. The van der Waals surface area contributed by atoms with Crippen molar-refractivity contribution in [3.05, 3.63) is 53.2 Å². The highest BCUT2D eigenvalue weighted by Crippen LogP contribution is 2.37. The first-order chi connectivity index (χ1) is 16.0. The second kappa shape index (κ2) is 9.84. The van der Waals surface area contributed by atoms with Crippen molar-refractivity contribution in [3.63, 3.8) is 0 Å². The van der Waals surface area contributed by atoms with Gasteiger partial charge in [-0.05, 0) is 42.3 Å². The number of aliphatic hydroxyl groups is 2. The van der Waals surface area contributed by atoms with E-state index in [0.29, 0.717) is 22.4 Å². The first-order valence-corrected chi connectivity index (χ1v) is 12.4. The van der Waals surface area contributed by atoms with Gasteiger partial charge in [0.25, 0.3) is 0 Å². The summed E-state index contributed by atoms with van der Waals surface area (Å²) < 4.78 is 36.7. The number of hydrogen-bond acceptors (Lipinski definition) is 8. The van der Waals surface area contributed by atoms with Crippen LogP contribution in [0.1, 0.15) is 24.8 Å². The Hall–Kier alpha value is -2.15. The minimum atomic E-state index is -4.39. The monoisotopic (exact) mass is 516 g/mol. The Morgan fingerprint density at radius 1 is 1.29 bits per heavy atom. The molecule has 2 aromatic heterocycles. The van der Waals surface area contributed by atoms with Crippen molar-refractivity contribution in [2.75, 3.05) is 18.3 Å². The van der Waals surface area contributed by atoms with E-state index >= 15 is 0 Å². The van der Waals surface area contributed by atoms with E-state index in [1.807, 2.05) is 6.92 Å². The third-order valence-electron chi connectivity index (χ3n) is 5.40. The van der Waals surface area contributed by atoms with Crippen molar-refractivity contribution in [1.29, 1.82) is 0 Å². The van der Waals surface area contributed by atoms with Gasteiger partial charge in [0.05, 0.1) is 18.0 Å². The summed E-state index contributed by atoms with van der Waals surface area (Å²) in [4.78, 5) is 26.3. The normalized spacial score (nSPS) is 24.0. The van der Waals surface area contributed by atoms with Crippen molar-refractivity contribution in [1.82, 2.24) is 14.5 Å². The van der Waals surface area contributed by atoms with Crippen LogP contribution in [-0.2, 0) is 14.0 Å². The van der Waals surface area contributed by atoms with E-state index in [2.05, 4.69) is 15.3 Å². The zero-order chi connectivity index (χ0) is 24.6. The van der Waals surface area contributed by atoms with Gasteiger partial charge in [0, 0.05) is 6.20 Å². The van der Waals surface area contributed by atoms with Crippen molar-refractivity contribution < 1.29 is 38.4 Å². The van der Waals surface area contributed by atoms with Crippen molar-refractivity contribution >= 4 is 36.0 Å². The van der Waals surface area contributed by atoms with Crippen LogP contribution in [0.15, 0.2) is 36.5 Å². The number of halogens is 2. The van der Waals surface area contributed by atoms with Crippen molar-refractivity contribution in [2.24, 2.45) is 0 Å². The number of fused-ring (bicyclic) bond motifs is 1.